The van der Waals surface area contributed by atoms with Crippen molar-refractivity contribution in [2.24, 2.45) is 5.73 Å². The molecule has 0 bridgehead atoms. The van der Waals surface area contributed by atoms with Gasteiger partial charge in [-0.2, -0.15) is 0 Å². The summed E-state index contributed by atoms with van der Waals surface area (Å²) in [5.74, 6) is -0.940. The van der Waals surface area contributed by atoms with Crippen LogP contribution in [0.4, 0.5) is 4.39 Å². The minimum atomic E-state index is -0.616. The maximum atomic E-state index is 13.0. The normalized spacial score (nSPS) is 18.7. The van der Waals surface area contributed by atoms with Crippen molar-refractivity contribution >= 4 is 15.9 Å². The molecule has 1 aliphatic carbocycles. The van der Waals surface area contributed by atoms with Crippen molar-refractivity contribution in [3.63, 3.8) is 0 Å². The Morgan fingerprint density at radius 3 is 2.62 bits per heavy atom. The molecule has 70 valence electrons. The Hall–Kier alpha value is -0.610. The summed E-state index contributed by atoms with van der Waals surface area (Å²) in [5, 5.41) is 9.47. The average Bonchev–Trinajstić information content (AvgIpc) is 2.78. The third-order valence-electron chi connectivity index (χ3n) is 2.36. The molecular weight excluding hydrogens is 237 g/mol. The predicted octanol–water partition coefficient (Wildman–Crippen LogP) is 2.24. The number of hydrogen-bond acceptors (Lipinski definition) is 2. The second kappa shape index (κ2) is 2.69. The first kappa shape index (κ1) is 8.97. The molecule has 1 aromatic carbocycles. The molecule has 1 saturated carbocycles. The predicted molar refractivity (Wildman–Crippen MR) is 50.9 cm³/mol. The molecule has 4 heteroatoms. The van der Waals surface area contributed by atoms with Gasteiger partial charge >= 0.3 is 0 Å². The summed E-state index contributed by atoms with van der Waals surface area (Å²) >= 11 is 3.25. The van der Waals surface area contributed by atoms with Gasteiger partial charge in [-0.3, -0.25) is 0 Å². The number of benzene rings is 1. The van der Waals surface area contributed by atoms with Crippen molar-refractivity contribution in [1.29, 1.82) is 0 Å². The zero-order valence-electron chi connectivity index (χ0n) is 6.85. The first-order chi connectivity index (χ1) is 6.04. The van der Waals surface area contributed by atoms with E-state index in [0.29, 0.717) is 10.0 Å². The fourth-order valence-electron chi connectivity index (χ4n) is 1.40. The summed E-state index contributed by atoms with van der Waals surface area (Å²) in [6.07, 6.45) is 1.59. The van der Waals surface area contributed by atoms with Crippen molar-refractivity contribution in [1.82, 2.24) is 0 Å². The van der Waals surface area contributed by atoms with Gasteiger partial charge in [-0.05, 0) is 25.0 Å². The monoisotopic (exact) mass is 245 g/mol. The molecule has 0 saturated heterocycles. The molecule has 0 atom stereocenters. The maximum absolute atomic E-state index is 13.0. The summed E-state index contributed by atoms with van der Waals surface area (Å²) in [6, 6.07) is 2.78. The van der Waals surface area contributed by atoms with Gasteiger partial charge in [0.15, 0.2) is 11.6 Å². The quantitative estimate of drug-likeness (QED) is 0.798. The van der Waals surface area contributed by atoms with E-state index in [0.717, 1.165) is 12.8 Å². The second-order valence-corrected chi connectivity index (χ2v) is 4.26. The average molecular weight is 246 g/mol. The Labute approximate surface area is 83.7 Å². The Morgan fingerprint density at radius 1 is 1.46 bits per heavy atom. The number of phenols is 1. The summed E-state index contributed by atoms with van der Waals surface area (Å²) < 4.78 is 13.7. The highest BCUT2D eigenvalue weighted by Gasteiger charge is 2.44. The first-order valence-electron chi connectivity index (χ1n) is 4.01. The number of nitrogens with two attached hydrogens (primary N) is 1. The molecule has 1 aliphatic rings. The minimum absolute atomic E-state index is 0.325. The second-order valence-electron chi connectivity index (χ2n) is 3.41. The fraction of sp³-hybridized carbons (Fsp3) is 0.333. The fourth-order valence-corrected chi connectivity index (χ4v) is 2.11. The van der Waals surface area contributed by atoms with Crippen LogP contribution in [0.2, 0.25) is 0 Å². The summed E-state index contributed by atoms with van der Waals surface area (Å²) in [7, 11) is 0. The van der Waals surface area contributed by atoms with Crippen LogP contribution in [0.5, 0.6) is 5.75 Å². The number of hydrogen-bond donors (Lipinski definition) is 2. The topological polar surface area (TPSA) is 46.2 Å². The Balaban J connectivity index is 2.61. The highest BCUT2D eigenvalue weighted by atomic mass is 79.9. The lowest BCUT2D eigenvalue weighted by Crippen LogP contribution is -2.19. The van der Waals surface area contributed by atoms with E-state index in [1.54, 1.807) is 6.07 Å². The van der Waals surface area contributed by atoms with Crippen LogP contribution in [0.3, 0.4) is 0 Å². The molecule has 0 radical (unpaired) electrons. The highest BCUT2D eigenvalue weighted by molar-refractivity contribution is 9.10. The van der Waals surface area contributed by atoms with Gasteiger partial charge in [-0.1, -0.05) is 15.9 Å². The van der Waals surface area contributed by atoms with Crippen molar-refractivity contribution in [3.05, 3.63) is 28.0 Å². The summed E-state index contributed by atoms with van der Waals surface area (Å²) in [5.41, 5.74) is 5.85. The van der Waals surface area contributed by atoms with E-state index in [2.05, 4.69) is 15.9 Å². The molecular formula is C9H9BrFNO. The number of rotatable bonds is 1. The van der Waals surface area contributed by atoms with Crippen molar-refractivity contribution < 1.29 is 9.50 Å². The van der Waals surface area contributed by atoms with E-state index >= 15 is 0 Å². The van der Waals surface area contributed by atoms with Gasteiger partial charge < -0.3 is 10.8 Å². The zero-order chi connectivity index (χ0) is 9.64. The zero-order valence-corrected chi connectivity index (χ0v) is 8.44. The smallest absolute Gasteiger partial charge is 0.165 e. The maximum Gasteiger partial charge on any atom is 0.165 e. The van der Waals surface area contributed by atoms with E-state index in [4.69, 9.17) is 5.73 Å². The molecule has 1 aromatic rings. The summed E-state index contributed by atoms with van der Waals surface area (Å²) in [6.45, 7) is 0. The van der Waals surface area contributed by atoms with E-state index < -0.39 is 11.4 Å². The van der Waals surface area contributed by atoms with Crippen LogP contribution in [-0.4, -0.2) is 5.11 Å². The molecule has 0 aromatic heterocycles. The number of halogens is 2. The van der Waals surface area contributed by atoms with Crippen LogP contribution in [0.25, 0.3) is 0 Å². The summed E-state index contributed by atoms with van der Waals surface area (Å²) in [4.78, 5) is 0. The van der Waals surface area contributed by atoms with E-state index in [9.17, 15) is 9.50 Å². The van der Waals surface area contributed by atoms with Crippen molar-refractivity contribution in [2.45, 2.75) is 18.4 Å². The van der Waals surface area contributed by atoms with Crippen molar-refractivity contribution in [2.75, 3.05) is 0 Å². The first-order valence-corrected chi connectivity index (χ1v) is 4.80. The molecule has 0 amide bonds. The molecule has 0 spiro atoms. The van der Waals surface area contributed by atoms with Crippen molar-refractivity contribution in [3.8, 4) is 5.75 Å². The van der Waals surface area contributed by atoms with Crippen LogP contribution in [0.15, 0.2) is 16.6 Å². The van der Waals surface area contributed by atoms with Gasteiger partial charge in [0.2, 0.25) is 0 Å². The van der Waals surface area contributed by atoms with Gasteiger partial charge in [0.25, 0.3) is 0 Å². The third kappa shape index (κ3) is 1.34. The third-order valence-corrected chi connectivity index (χ3v) is 3.03. The molecule has 3 N–H and O–H groups in total. The Morgan fingerprint density at radius 2 is 2.08 bits per heavy atom. The van der Waals surface area contributed by atoms with Crippen LogP contribution in [0.1, 0.15) is 18.4 Å². The van der Waals surface area contributed by atoms with Crippen LogP contribution >= 0.6 is 15.9 Å². The number of aromatic hydroxyl groups is 1. The Bertz CT molecular complexity index is 363. The molecule has 0 aliphatic heterocycles. The van der Waals surface area contributed by atoms with Crippen LogP contribution < -0.4 is 5.73 Å². The lowest BCUT2D eigenvalue weighted by atomic mass is 10.0. The van der Waals surface area contributed by atoms with Crippen LogP contribution in [0, 0.1) is 5.82 Å². The molecule has 1 fully saturated rings. The lowest BCUT2D eigenvalue weighted by Gasteiger charge is -2.13. The van der Waals surface area contributed by atoms with Gasteiger partial charge in [0.05, 0.1) is 0 Å². The Kier molecular flexibility index (Phi) is 1.85. The van der Waals surface area contributed by atoms with E-state index in [1.165, 1.54) is 6.07 Å². The van der Waals surface area contributed by atoms with Crippen LogP contribution in [-0.2, 0) is 5.54 Å². The van der Waals surface area contributed by atoms with Gasteiger partial charge in [0, 0.05) is 15.6 Å². The molecule has 0 heterocycles. The number of phenolic OH excluding ortho intramolecular Hbond substituents is 1. The minimum Gasteiger partial charge on any atom is -0.505 e. The highest BCUT2D eigenvalue weighted by Crippen LogP contribution is 2.49. The molecule has 0 unspecified atom stereocenters. The largest absolute Gasteiger partial charge is 0.505 e. The molecule has 13 heavy (non-hydrogen) atoms. The lowest BCUT2D eigenvalue weighted by molar-refractivity contribution is 0.418. The SMILES string of the molecule is NC1(c2c(Br)ccc(F)c2O)CC1. The standard InChI is InChI=1S/C9H9BrFNO/c10-5-1-2-6(11)8(13)7(5)9(12)3-4-9/h1-2,13H,3-4,12H2. The molecule has 2 nitrogen and oxygen atoms in total. The van der Waals surface area contributed by atoms with Gasteiger partial charge in [0.1, 0.15) is 0 Å². The van der Waals surface area contributed by atoms with E-state index in [1.807, 2.05) is 0 Å². The van der Waals surface area contributed by atoms with E-state index in [-0.39, 0.29) is 5.75 Å². The van der Waals surface area contributed by atoms with Gasteiger partial charge in [-0.25, -0.2) is 4.39 Å². The van der Waals surface area contributed by atoms with Gasteiger partial charge in [-0.15, -0.1) is 0 Å². The molecule has 2 rings (SSSR count).